The summed E-state index contributed by atoms with van der Waals surface area (Å²) >= 11 is 1.15. The second-order valence-corrected chi connectivity index (χ2v) is 9.44. The van der Waals surface area contributed by atoms with Gasteiger partial charge in [0.15, 0.2) is 9.84 Å². The molecule has 2 rings (SSSR count). The molecule has 150 valence electrons. The Kier molecular flexibility index (Phi) is 7.15. The summed E-state index contributed by atoms with van der Waals surface area (Å²) in [5, 5.41) is 3.32. The molecule has 1 atom stereocenters. The number of sulfone groups is 1. The van der Waals surface area contributed by atoms with Crippen LogP contribution in [0.3, 0.4) is 0 Å². The first kappa shape index (κ1) is 21.8. The second-order valence-electron chi connectivity index (χ2n) is 6.19. The molecule has 0 aliphatic heterocycles. The van der Waals surface area contributed by atoms with Crippen LogP contribution in [0.4, 0.5) is 5.00 Å². The predicted molar refractivity (Wildman–Crippen MR) is 113 cm³/mol. The van der Waals surface area contributed by atoms with E-state index in [4.69, 9.17) is 4.74 Å². The quantitative estimate of drug-likeness (QED) is 0.517. The lowest BCUT2D eigenvalue weighted by Crippen LogP contribution is -2.33. The Labute approximate surface area is 169 Å². The van der Waals surface area contributed by atoms with Gasteiger partial charge >= 0.3 is 5.97 Å². The van der Waals surface area contributed by atoms with Gasteiger partial charge in [-0.25, -0.2) is 13.2 Å². The van der Waals surface area contributed by atoms with Crippen LogP contribution in [-0.4, -0.2) is 37.9 Å². The van der Waals surface area contributed by atoms with Crippen LogP contribution in [0.1, 0.15) is 29.8 Å². The van der Waals surface area contributed by atoms with Gasteiger partial charge in [0.25, 0.3) is 0 Å². The molecule has 1 aromatic carbocycles. The Morgan fingerprint density at radius 3 is 2.50 bits per heavy atom. The van der Waals surface area contributed by atoms with Crippen molar-refractivity contribution in [3.8, 4) is 11.1 Å². The van der Waals surface area contributed by atoms with Crippen molar-refractivity contribution in [1.29, 1.82) is 0 Å². The number of anilines is 1. The fourth-order valence-corrected chi connectivity index (χ4v) is 4.45. The summed E-state index contributed by atoms with van der Waals surface area (Å²) in [4.78, 5) is 25.0. The smallest absolute Gasteiger partial charge is 0.341 e. The van der Waals surface area contributed by atoms with Crippen LogP contribution in [0, 0.1) is 6.92 Å². The molecule has 1 amide bonds. The molecular formula is C20H23NO5S2. The van der Waals surface area contributed by atoms with Crippen LogP contribution >= 0.6 is 11.3 Å². The van der Waals surface area contributed by atoms with E-state index < -0.39 is 27.0 Å². The second kappa shape index (κ2) is 9.16. The average molecular weight is 422 g/mol. The standard InChI is InChI=1S/C20H23NO5S2/c1-5-11-28(24,25)14(4)18(22)21-19-17(20(23)26-6-2)16(12-27-19)15-9-7-13(3)8-10-15/h5,7-10,12,14H,1,6,11H2,2-4H3,(H,21,22). The van der Waals surface area contributed by atoms with Crippen molar-refractivity contribution < 1.29 is 22.7 Å². The van der Waals surface area contributed by atoms with E-state index >= 15 is 0 Å². The zero-order chi connectivity index (χ0) is 20.9. The summed E-state index contributed by atoms with van der Waals surface area (Å²) in [6, 6.07) is 7.60. The maximum Gasteiger partial charge on any atom is 0.341 e. The highest BCUT2D eigenvalue weighted by Crippen LogP contribution is 2.36. The monoisotopic (exact) mass is 421 g/mol. The highest BCUT2D eigenvalue weighted by atomic mass is 32.2. The number of benzene rings is 1. The largest absolute Gasteiger partial charge is 0.462 e. The van der Waals surface area contributed by atoms with E-state index in [2.05, 4.69) is 11.9 Å². The van der Waals surface area contributed by atoms with Crippen molar-refractivity contribution in [2.24, 2.45) is 0 Å². The molecule has 0 fully saturated rings. The zero-order valence-electron chi connectivity index (χ0n) is 16.0. The Morgan fingerprint density at radius 1 is 1.29 bits per heavy atom. The van der Waals surface area contributed by atoms with Gasteiger partial charge in [0, 0.05) is 10.9 Å². The van der Waals surface area contributed by atoms with Crippen molar-refractivity contribution in [3.63, 3.8) is 0 Å². The van der Waals surface area contributed by atoms with Crippen molar-refractivity contribution in [1.82, 2.24) is 0 Å². The SMILES string of the molecule is C=CCS(=O)(=O)C(C)C(=O)Nc1scc(-c2ccc(C)cc2)c1C(=O)OCC. The minimum absolute atomic E-state index is 0.180. The van der Waals surface area contributed by atoms with E-state index in [0.717, 1.165) is 22.5 Å². The molecule has 6 nitrogen and oxygen atoms in total. The molecule has 0 bridgehead atoms. The highest BCUT2D eigenvalue weighted by Gasteiger charge is 2.29. The molecule has 0 radical (unpaired) electrons. The lowest BCUT2D eigenvalue weighted by atomic mass is 10.0. The summed E-state index contributed by atoms with van der Waals surface area (Å²) in [6.07, 6.45) is 1.24. The molecular weight excluding hydrogens is 398 g/mol. The van der Waals surface area contributed by atoms with Crippen LogP contribution in [-0.2, 0) is 19.4 Å². The van der Waals surface area contributed by atoms with Crippen LogP contribution in [0.15, 0.2) is 42.3 Å². The molecule has 1 aromatic heterocycles. The molecule has 0 saturated carbocycles. The molecule has 2 aromatic rings. The molecule has 1 heterocycles. The number of carbonyl (C=O) groups is 2. The molecule has 28 heavy (non-hydrogen) atoms. The van der Waals surface area contributed by atoms with Gasteiger partial charge in [-0.3, -0.25) is 4.79 Å². The van der Waals surface area contributed by atoms with Gasteiger partial charge in [-0.15, -0.1) is 17.9 Å². The first-order valence-electron chi connectivity index (χ1n) is 8.70. The number of hydrogen-bond acceptors (Lipinski definition) is 6. The van der Waals surface area contributed by atoms with Gasteiger partial charge in [-0.1, -0.05) is 35.9 Å². The van der Waals surface area contributed by atoms with Crippen LogP contribution in [0.5, 0.6) is 0 Å². The van der Waals surface area contributed by atoms with Crippen molar-refractivity contribution >= 4 is 38.1 Å². The first-order valence-corrected chi connectivity index (χ1v) is 11.3. The number of carbonyl (C=O) groups excluding carboxylic acids is 2. The fourth-order valence-electron chi connectivity index (χ4n) is 2.49. The summed E-state index contributed by atoms with van der Waals surface area (Å²) in [6.45, 7) is 8.55. The number of rotatable bonds is 8. The van der Waals surface area contributed by atoms with Crippen LogP contribution in [0.25, 0.3) is 11.1 Å². The molecule has 8 heteroatoms. The van der Waals surface area contributed by atoms with E-state index in [9.17, 15) is 18.0 Å². The lowest BCUT2D eigenvalue weighted by Gasteiger charge is -2.13. The van der Waals surface area contributed by atoms with Gasteiger partial charge in [-0.2, -0.15) is 0 Å². The van der Waals surface area contributed by atoms with Gasteiger partial charge in [0.05, 0.1) is 12.4 Å². The van der Waals surface area contributed by atoms with Gasteiger partial charge in [0.1, 0.15) is 15.8 Å². The average Bonchev–Trinajstić information content (AvgIpc) is 3.05. The minimum atomic E-state index is -3.66. The molecule has 0 aliphatic carbocycles. The Bertz CT molecular complexity index is 975. The third-order valence-electron chi connectivity index (χ3n) is 4.13. The number of nitrogens with one attached hydrogen (secondary N) is 1. The Balaban J connectivity index is 2.41. The minimum Gasteiger partial charge on any atom is -0.462 e. The van der Waals surface area contributed by atoms with Crippen molar-refractivity contribution in [3.05, 3.63) is 53.4 Å². The summed E-state index contributed by atoms with van der Waals surface area (Å²) in [5.74, 6) is -1.58. The normalized spacial score (nSPS) is 12.2. The van der Waals surface area contributed by atoms with Crippen molar-refractivity contribution in [2.75, 3.05) is 17.7 Å². The number of ether oxygens (including phenoxy) is 1. The van der Waals surface area contributed by atoms with E-state index in [0.29, 0.717) is 5.56 Å². The Morgan fingerprint density at radius 2 is 1.93 bits per heavy atom. The Hall–Kier alpha value is -2.45. The number of thiophene rings is 1. The van der Waals surface area contributed by atoms with Crippen LogP contribution < -0.4 is 5.32 Å². The van der Waals surface area contributed by atoms with Gasteiger partial charge in [-0.05, 0) is 26.3 Å². The van der Waals surface area contributed by atoms with Crippen LogP contribution in [0.2, 0.25) is 0 Å². The predicted octanol–water partition coefficient (Wildman–Crippen LogP) is 3.83. The summed E-state index contributed by atoms with van der Waals surface area (Å²) in [5.41, 5.74) is 2.72. The number of esters is 1. The zero-order valence-corrected chi connectivity index (χ0v) is 17.7. The molecule has 0 spiro atoms. The lowest BCUT2D eigenvalue weighted by molar-refractivity contribution is -0.115. The topological polar surface area (TPSA) is 89.5 Å². The summed E-state index contributed by atoms with van der Waals surface area (Å²) < 4.78 is 29.4. The van der Waals surface area contributed by atoms with E-state index in [1.54, 1.807) is 12.3 Å². The first-order chi connectivity index (χ1) is 13.2. The van der Waals surface area contributed by atoms with E-state index in [1.165, 1.54) is 13.0 Å². The van der Waals surface area contributed by atoms with E-state index in [-0.39, 0.29) is 22.9 Å². The maximum atomic E-state index is 12.5. The fraction of sp³-hybridized carbons (Fsp3) is 0.300. The number of aryl methyl sites for hydroxylation is 1. The molecule has 0 saturated heterocycles. The summed E-state index contributed by atoms with van der Waals surface area (Å²) in [7, 11) is -3.66. The maximum absolute atomic E-state index is 12.5. The number of amides is 1. The molecule has 0 aliphatic rings. The van der Waals surface area contributed by atoms with Gasteiger partial charge < -0.3 is 10.1 Å². The highest BCUT2D eigenvalue weighted by molar-refractivity contribution is 7.92. The molecule has 1 N–H and O–H groups in total. The van der Waals surface area contributed by atoms with Crippen molar-refractivity contribution in [2.45, 2.75) is 26.0 Å². The van der Waals surface area contributed by atoms with E-state index in [1.807, 2.05) is 31.2 Å². The third kappa shape index (κ3) is 4.88. The third-order valence-corrected chi connectivity index (χ3v) is 7.02. The van der Waals surface area contributed by atoms with Gasteiger partial charge in [0.2, 0.25) is 5.91 Å². The molecule has 1 unspecified atom stereocenters. The number of hydrogen-bond donors (Lipinski definition) is 1.